The lowest BCUT2D eigenvalue weighted by Gasteiger charge is -2.21. The molecule has 0 amide bonds. The fourth-order valence-electron chi connectivity index (χ4n) is 2.54. The monoisotopic (exact) mass is 223 g/mol. The zero-order chi connectivity index (χ0) is 11.5. The van der Waals surface area contributed by atoms with E-state index in [4.69, 9.17) is 10.5 Å². The lowest BCUT2D eigenvalue weighted by atomic mass is 9.92. The average molecular weight is 223 g/mol. The number of rotatable bonds is 3. The van der Waals surface area contributed by atoms with E-state index in [9.17, 15) is 4.39 Å². The molecule has 0 aromatic heterocycles. The topological polar surface area (TPSA) is 35.2 Å². The Kier molecular flexibility index (Phi) is 3.44. The summed E-state index contributed by atoms with van der Waals surface area (Å²) in [5, 5.41) is 0. The van der Waals surface area contributed by atoms with Gasteiger partial charge in [0.05, 0.1) is 7.11 Å². The van der Waals surface area contributed by atoms with E-state index in [2.05, 4.69) is 0 Å². The van der Waals surface area contributed by atoms with Gasteiger partial charge in [-0.1, -0.05) is 12.8 Å². The second kappa shape index (κ2) is 4.83. The molecule has 0 unspecified atom stereocenters. The lowest BCUT2D eigenvalue weighted by molar-refractivity contribution is 0.383. The van der Waals surface area contributed by atoms with E-state index in [0.29, 0.717) is 11.7 Å². The standard InChI is InChI=1S/C13H18FNO/c1-16-12-7-6-10(14)8-11(12)13(15)9-4-2-3-5-9/h6-9,13H,2-5,15H2,1H3/t13-/m1/s1. The molecular weight excluding hydrogens is 205 g/mol. The van der Waals surface area contributed by atoms with Gasteiger partial charge in [0, 0.05) is 11.6 Å². The Hall–Kier alpha value is -1.09. The van der Waals surface area contributed by atoms with Crippen molar-refractivity contribution >= 4 is 0 Å². The van der Waals surface area contributed by atoms with Crippen LogP contribution in [0.15, 0.2) is 18.2 Å². The van der Waals surface area contributed by atoms with Crippen molar-refractivity contribution in [1.29, 1.82) is 0 Å². The van der Waals surface area contributed by atoms with Gasteiger partial charge in [0.1, 0.15) is 11.6 Å². The lowest BCUT2D eigenvalue weighted by Crippen LogP contribution is -2.20. The highest BCUT2D eigenvalue weighted by atomic mass is 19.1. The fourth-order valence-corrected chi connectivity index (χ4v) is 2.54. The molecule has 0 saturated heterocycles. The van der Waals surface area contributed by atoms with Gasteiger partial charge in [0.15, 0.2) is 0 Å². The average Bonchev–Trinajstić information content (AvgIpc) is 2.81. The van der Waals surface area contributed by atoms with Crippen molar-refractivity contribution in [3.05, 3.63) is 29.6 Å². The van der Waals surface area contributed by atoms with E-state index in [-0.39, 0.29) is 11.9 Å². The number of benzene rings is 1. The molecule has 2 nitrogen and oxygen atoms in total. The number of nitrogens with two attached hydrogens (primary N) is 1. The van der Waals surface area contributed by atoms with Crippen molar-refractivity contribution in [1.82, 2.24) is 0 Å². The molecule has 0 radical (unpaired) electrons. The third-order valence-electron chi connectivity index (χ3n) is 3.46. The van der Waals surface area contributed by atoms with E-state index in [1.807, 2.05) is 0 Å². The minimum Gasteiger partial charge on any atom is -0.496 e. The molecule has 0 aliphatic heterocycles. The summed E-state index contributed by atoms with van der Waals surface area (Å²) in [6.45, 7) is 0. The van der Waals surface area contributed by atoms with Crippen molar-refractivity contribution in [3.63, 3.8) is 0 Å². The van der Waals surface area contributed by atoms with Crippen molar-refractivity contribution < 1.29 is 9.13 Å². The number of hydrogen-bond donors (Lipinski definition) is 1. The third kappa shape index (κ3) is 2.19. The van der Waals surface area contributed by atoms with Gasteiger partial charge < -0.3 is 10.5 Å². The van der Waals surface area contributed by atoms with Crippen LogP contribution in [0.1, 0.15) is 37.3 Å². The molecule has 0 heterocycles. The van der Waals surface area contributed by atoms with Crippen LogP contribution >= 0.6 is 0 Å². The van der Waals surface area contributed by atoms with E-state index in [0.717, 1.165) is 18.4 Å². The van der Waals surface area contributed by atoms with E-state index < -0.39 is 0 Å². The zero-order valence-electron chi connectivity index (χ0n) is 9.58. The van der Waals surface area contributed by atoms with Crippen LogP contribution in [0, 0.1) is 11.7 Å². The van der Waals surface area contributed by atoms with Crippen LogP contribution in [0.3, 0.4) is 0 Å². The Morgan fingerprint density at radius 1 is 1.38 bits per heavy atom. The molecule has 1 aromatic rings. The third-order valence-corrected chi connectivity index (χ3v) is 3.46. The van der Waals surface area contributed by atoms with Crippen molar-refractivity contribution in [2.24, 2.45) is 11.7 Å². The maximum Gasteiger partial charge on any atom is 0.123 e. The second-order valence-electron chi connectivity index (χ2n) is 4.46. The Bertz CT molecular complexity index is 361. The maximum absolute atomic E-state index is 13.2. The highest BCUT2D eigenvalue weighted by molar-refractivity contribution is 5.36. The first-order valence-electron chi connectivity index (χ1n) is 5.81. The molecule has 1 fully saturated rings. The molecule has 3 heteroatoms. The first-order valence-corrected chi connectivity index (χ1v) is 5.81. The van der Waals surface area contributed by atoms with Crippen LogP contribution in [0.4, 0.5) is 4.39 Å². The van der Waals surface area contributed by atoms with Crippen LogP contribution in [-0.4, -0.2) is 7.11 Å². The van der Waals surface area contributed by atoms with Crippen LogP contribution in [0.25, 0.3) is 0 Å². The molecule has 0 bridgehead atoms. The smallest absolute Gasteiger partial charge is 0.123 e. The van der Waals surface area contributed by atoms with Gasteiger partial charge in [-0.25, -0.2) is 4.39 Å². The molecule has 1 aromatic carbocycles. The Balaban J connectivity index is 2.26. The number of halogens is 1. The van der Waals surface area contributed by atoms with Gasteiger partial charge in [0.25, 0.3) is 0 Å². The van der Waals surface area contributed by atoms with Crippen molar-refractivity contribution in [3.8, 4) is 5.75 Å². The molecule has 16 heavy (non-hydrogen) atoms. The summed E-state index contributed by atoms with van der Waals surface area (Å²) in [7, 11) is 1.60. The SMILES string of the molecule is COc1ccc(F)cc1[C@H](N)C1CCCC1. The minimum absolute atomic E-state index is 0.104. The van der Waals surface area contributed by atoms with Gasteiger partial charge in [-0.3, -0.25) is 0 Å². The molecule has 0 spiro atoms. The molecule has 1 aliphatic carbocycles. The van der Waals surface area contributed by atoms with Gasteiger partial charge >= 0.3 is 0 Å². The molecular formula is C13H18FNO. The molecule has 2 rings (SSSR count). The van der Waals surface area contributed by atoms with Gasteiger partial charge in [0.2, 0.25) is 0 Å². The fraction of sp³-hybridized carbons (Fsp3) is 0.538. The van der Waals surface area contributed by atoms with Crippen molar-refractivity contribution in [2.75, 3.05) is 7.11 Å². The molecule has 1 atom stereocenters. The molecule has 2 N–H and O–H groups in total. The van der Waals surface area contributed by atoms with Gasteiger partial charge in [-0.15, -0.1) is 0 Å². The highest BCUT2D eigenvalue weighted by Gasteiger charge is 2.25. The minimum atomic E-state index is -0.246. The first kappa shape index (κ1) is 11.4. The van der Waals surface area contributed by atoms with E-state index >= 15 is 0 Å². The summed E-state index contributed by atoms with van der Waals surface area (Å²) in [5.41, 5.74) is 7.00. The Labute approximate surface area is 95.6 Å². The largest absolute Gasteiger partial charge is 0.496 e. The van der Waals surface area contributed by atoms with Crippen molar-refractivity contribution in [2.45, 2.75) is 31.7 Å². The normalized spacial score (nSPS) is 18.7. The predicted octanol–water partition coefficient (Wildman–Crippen LogP) is 3.02. The summed E-state index contributed by atoms with van der Waals surface area (Å²) >= 11 is 0. The quantitative estimate of drug-likeness (QED) is 0.854. The molecule has 1 aliphatic rings. The number of ether oxygens (including phenoxy) is 1. The van der Waals surface area contributed by atoms with Gasteiger partial charge in [-0.05, 0) is 37.0 Å². The van der Waals surface area contributed by atoms with Crippen LogP contribution in [0.5, 0.6) is 5.75 Å². The zero-order valence-corrected chi connectivity index (χ0v) is 9.58. The number of methoxy groups -OCH3 is 1. The summed E-state index contributed by atoms with van der Waals surface area (Å²) < 4.78 is 18.5. The summed E-state index contributed by atoms with van der Waals surface area (Å²) in [5.74, 6) is 0.917. The summed E-state index contributed by atoms with van der Waals surface area (Å²) in [6, 6.07) is 4.46. The van der Waals surface area contributed by atoms with E-state index in [1.165, 1.54) is 25.0 Å². The Morgan fingerprint density at radius 2 is 2.06 bits per heavy atom. The molecule has 1 saturated carbocycles. The maximum atomic E-state index is 13.2. The molecule has 88 valence electrons. The van der Waals surface area contributed by atoms with Crippen LogP contribution in [-0.2, 0) is 0 Å². The first-order chi connectivity index (χ1) is 7.72. The van der Waals surface area contributed by atoms with Gasteiger partial charge in [-0.2, -0.15) is 0 Å². The predicted molar refractivity (Wildman–Crippen MR) is 61.8 cm³/mol. The number of hydrogen-bond acceptors (Lipinski definition) is 2. The highest BCUT2D eigenvalue weighted by Crippen LogP contribution is 2.37. The summed E-state index contributed by atoms with van der Waals surface area (Å²) in [6.07, 6.45) is 4.74. The van der Waals surface area contributed by atoms with E-state index in [1.54, 1.807) is 13.2 Å². The summed E-state index contributed by atoms with van der Waals surface area (Å²) in [4.78, 5) is 0. The van der Waals surface area contributed by atoms with Crippen LogP contribution in [0.2, 0.25) is 0 Å². The van der Waals surface area contributed by atoms with Crippen LogP contribution < -0.4 is 10.5 Å². The Morgan fingerprint density at radius 3 is 2.69 bits per heavy atom. The second-order valence-corrected chi connectivity index (χ2v) is 4.46.